The third kappa shape index (κ3) is 4.05. The largest absolute Gasteiger partial charge is 0.465 e. The third-order valence-corrected chi connectivity index (χ3v) is 4.44. The molecule has 0 aliphatic carbocycles. The van der Waals surface area contributed by atoms with E-state index in [4.69, 9.17) is 4.74 Å². The lowest BCUT2D eigenvalue weighted by Crippen LogP contribution is -2.19. The minimum Gasteiger partial charge on any atom is -0.465 e. The summed E-state index contributed by atoms with van der Waals surface area (Å²) in [6.07, 6.45) is 3.96. The van der Waals surface area contributed by atoms with Crippen LogP contribution in [0.4, 0.5) is 0 Å². The molecule has 3 nitrogen and oxygen atoms in total. The average molecular weight is 324 g/mol. The van der Waals surface area contributed by atoms with E-state index in [1.807, 2.05) is 18.2 Å². The van der Waals surface area contributed by atoms with E-state index in [1.54, 1.807) is 24.3 Å². The number of methoxy groups -OCH3 is 1. The fourth-order valence-corrected chi connectivity index (χ4v) is 2.62. The van der Waals surface area contributed by atoms with Crippen LogP contribution in [-0.2, 0) is 10.2 Å². The Labute approximate surface area is 143 Å². The van der Waals surface area contributed by atoms with E-state index in [-0.39, 0.29) is 11.4 Å². The Kier molecular flexibility index (Phi) is 5.80. The zero-order valence-electron chi connectivity index (χ0n) is 14.5. The summed E-state index contributed by atoms with van der Waals surface area (Å²) in [5.74, 6) is 1.09. The molecule has 2 aromatic carbocycles. The summed E-state index contributed by atoms with van der Waals surface area (Å²) in [5.41, 5.74) is 1.88. The van der Waals surface area contributed by atoms with Crippen LogP contribution < -0.4 is 4.74 Å². The highest BCUT2D eigenvalue weighted by molar-refractivity contribution is 5.89. The molecule has 0 N–H and O–H groups in total. The molecular weight excluding hydrogens is 300 g/mol. The van der Waals surface area contributed by atoms with Crippen LogP contribution >= 0.6 is 0 Å². The first kappa shape index (κ1) is 17.8. The van der Waals surface area contributed by atoms with Crippen molar-refractivity contribution in [3.05, 3.63) is 72.3 Å². The van der Waals surface area contributed by atoms with E-state index in [9.17, 15) is 4.79 Å². The Morgan fingerprint density at radius 2 is 1.62 bits per heavy atom. The van der Waals surface area contributed by atoms with Crippen molar-refractivity contribution in [2.45, 2.75) is 32.1 Å². The maximum Gasteiger partial charge on any atom is 0.337 e. The molecule has 0 spiro atoms. The molecule has 0 saturated carbocycles. The van der Waals surface area contributed by atoms with Crippen LogP contribution in [0.25, 0.3) is 0 Å². The highest BCUT2D eigenvalue weighted by Gasteiger charge is 2.22. The number of benzene rings is 2. The Morgan fingerprint density at radius 1 is 1.08 bits per heavy atom. The highest BCUT2D eigenvalue weighted by atomic mass is 16.5. The average Bonchev–Trinajstić information content (AvgIpc) is 2.62. The maximum absolute atomic E-state index is 11.4. The lowest BCUT2D eigenvalue weighted by molar-refractivity contribution is 0.0600. The molecule has 0 aliphatic rings. The van der Waals surface area contributed by atoms with Crippen molar-refractivity contribution in [1.82, 2.24) is 0 Å². The standard InChI is InChI=1S/C21H24O3/c1-5-15-21(3,6-2)17-9-13-19(14-10-17)24-18-11-7-16(8-12-18)20(22)23-4/h5,7-14H,1,6,15H2,2-4H3. The van der Waals surface area contributed by atoms with Gasteiger partial charge < -0.3 is 9.47 Å². The molecule has 0 aliphatic heterocycles. The van der Waals surface area contributed by atoms with Gasteiger partial charge in [-0.1, -0.05) is 32.1 Å². The van der Waals surface area contributed by atoms with Crippen molar-refractivity contribution < 1.29 is 14.3 Å². The Balaban J connectivity index is 2.11. The van der Waals surface area contributed by atoms with Gasteiger partial charge in [0, 0.05) is 0 Å². The molecule has 126 valence electrons. The van der Waals surface area contributed by atoms with Crippen molar-refractivity contribution in [3.63, 3.8) is 0 Å². The highest BCUT2D eigenvalue weighted by Crippen LogP contribution is 2.33. The van der Waals surface area contributed by atoms with Gasteiger partial charge in [0.25, 0.3) is 0 Å². The zero-order chi connectivity index (χ0) is 17.6. The first-order chi connectivity index (χ1) is 11.5. The van der Waals surface area contributed by atoms with Gasteiger partial charge in [-0.3, -0.25) is 0 Å². The van der Waals surface area contributed by atoms with E-state index in [1.165, 1.54) is 12.7 Å². The van der Waals surface area contributed by atoms with Gasteiger partial charge in [-0.05, 0) is 60.2 Å². The lowest BCUT2D eigenvalue weighted by Gasteiger charge is -2.27. The summed E-state index contributed by atoms with van der Waals surface area (Å²) in [4.78, 5) is 11.4. The van der Waals surface area contributed by atoms with E-state index in [0.717, 1.165) is 18.6 Å². The van der Waals surface area contributed by atoms with Gasteiger partial charge in [0.2, 0.25) is 0 Å². The fraction of sp³-hybridized carbons (Fsp3) is 0.286. The summed E-state index contributed by atoms with van der Waals surface area (Å²) < 4.78 is 10.5. The number of rotatable bonds is 7. The first-order valence-corrected chi connectivity index (χ1v) is 8.10. The molecule has 0 radical (unpaired) electrons. The molecule has 0 amide bonds. The van der Waals surface area contributed by atoms with E-state index >= 15 is 0 Å². The topological polar surface area (TPSA) is 35.5 Å². The second-order valence-corrected chi connectivity index (χ2v) is 6.05. The second kappa shape index (κ2) is 7.82. The number of carbonyl (C=O) groups excluding carboxylic acids is 1. The van der Waals surface area contributed by atoms with Crippen LogP contribution in [0.3, 0.4) is 0 Å². The number of hydrogen-bond acceptors (Lipinski definition) is 3. The number of esters is 1. The normalized spacial score (nSPS) is 13.0. The van der Waals surface area contributed by atoms with Gasteiger partial charge in [-0.25, -0.2) is 4.79 Å². The van der Waals surface area contributed by atoms with Crippen LogP contribution in [0.1, 0.15) is 42.6 Å². The summed E-state index contributed by atoms with van der Waals surface area (Å²) in [7, 11) is 1.37. The van der Waals surface area contributed by atoms with E-state index < -0.39 is 0 Å². The Bertz CT molecular complexity index is 686. The molecule has 0 bridgehead atoms. The quantitative estimate of drug-likeness (QED) is 0.497. The van der Waals surface area contributed by atoms with E-state index in [2.05, 4.69) is 37.3 Å². The monoisotopic (exact) mass is 324 g/mol. The van der Waals surface area contributed by atoms with Crippen LogP contribution in [-0.4, -0.2) is 13.1 Å². The van der Waals surface area contributed by atoms with Crippen molar-refractivity contribution in [2.75, 3.05) is 7.11 Å². The fourth-order valence-electron chi connectivity index (χ4n) is 2.62. The van der Waals surface area contributed by atoms with Gasteiger partial charge in [0.05, 0.1) is 12.7 Å². The molecule has 2 rings (SSSR count). The summed E-state index contributed by atoms with van der Waals surface area (Å²) >= 11 is 0. The molecule has 0 aromatic heterocycles. The lowest BCUT2D eigenvalue weighted by atomic mass is 9.77. The molecule has 0 fully saturated rings. The van der Waals surface area contributed by atoms with Crippen molar-refractivity contribution in [3.8, 4) is 11.5 Å². The van der Waals surface area contributed by atoms with Crippen LogP contribution in [0.2, 0.25) is 0 Å². The zero-order valence-corrected chi connectivity index (χ0v) is 14.5. The first-order valence-electron chi connectivity index (χ1n) is 8.10. The van der Waals surface area contributed by atoms with E-state index in [0.29, 0.717) is 11.3 Å². The van der Waals surface area contributed by atoms with Crippen molar-refractivity contribution >= 4 is 5.97 Å². The molecule has 2 aromatic rings. The number of allylic oxidation sites excluding steroid dienone is 1. The molecular formula is C21H24O3. The summed E-state index contributed by atoms with van der Waals surface area (Å²) in [6.45, 7) is 8.30. The molecule has 3 heteroatoms. The number of hydrogen-bond donors (Lipinski definition) is 0. The van der Waals surface area contributed by atoms with Crippen LogP contribution in [0.15, 0.2) is 61.2 Å². The van der Waals surface area contributed by atoms with Gasteiger partial charge in [0.1, 0.15) is 11.5 Å². The molecule has 24 heavy (non-hydrogen) atoms. The molecule has 1 atom stereocenters. The smallest absolute Gasteiger partial charge is 0.337 e. The van der Waals surface area contributed by atoms with Crippen LogP contribution in [0, 0.1) is 0 Å². The molecule has 0 saturated heterocycles. The Hall–Kier alpha value is -2.55. The van der Waals surface area contributed by atoms with Gasteiger partial charge >= 0.3 is 5.97 Å². The maximum atomic E-state index is 11.4. The van der Waals surface area contributed by atoms with Gasteiger partial charge in [-0.2, -0.15) is 0 Å². The predicted octanol–water partition coefficient (Wildman–Crippen LogP) is 5.51. The molecule has 0 heterocycles. The van der Waals surface area contributed by atoms with Crippen LogP contribution in [0.5, 0.6) is 11.5 Å². The summed E-state index contributed by atoms with van der Waals surface area (Å²) in [6, 6.07) is 15.0. The number of carbonyl (C=O) groups is 1. The summed E-state index contributed by atoms with van der Waals surface area (Å²) in [5, 5.41) is 0. The Morgan fingerprint density at radius 3 is 2.08 bits per heavy atom. The van der Waals surface area contributed by atoms with Crippen molar-refractivity contribution in [1.29, 1.82) is 0 Å². The SMILES string of the molecule is C=CCC(C)(CC)c1ccc(Oc2ccc(C(=O)OC)cc2)cc1. The molecule has 1 unspecified atom stereocenters. The minimum absolute atomic E-state index is 0.0996. The van der Waals surface area contributed by atoms with Gasteiger partial charge in [-0.15, -0.1) is 6.58 Å². The minimum atomic E-state index is -0.355. The number of ether oxygens (including phenoxy) is 2. The third-order valence-electron chi connectivity index (χ3n) is 4.44. The second-order valence-electron chi connectivity index (χ2n) is 6.05. The van der Waals surface area contributed by atoms with Gasteiger partial charge in [0.15, 0.2) is 0 Å². The predicted molar refractivity (Wildman–Crippen MR) is 96.8 cm³/mol. The van der Waals surface area contributed by atoms with Crippen molar-refractivity contribution in [2.24, 2.45) is 0 Å².